The number of thiazole rings is 1. The number of anilines is 1. The summed E-state index contributed by atoms with van der Waals surface area (Å²) in [6, 6.07) is 11.0. The Balaban J connectivity index is 1.79. The van der Waals surface area contributed by atoms with E-state index in [0.717, 1.165) is 16.3 Å². The number of rotatable bonds is 5. The maximum atomic E-state index is 12.5. The molecule has 0 unspecified atom stereocenters. The molecule has 1 amide bonds. The van der Waals surface area contributed by atoms with Crippen LogP contribution in [0.5, 0.6) is 5.75 Å². The molecule has 2 heterocycles. The number of carbonyl (C=O) groups is 1. The lowest BCUT2D eigenvalue weighted by Gasteiger charge is -2.03. The number of aromatic nitrogens is 2. The van der Waals surface area contributed by atoms with Crippen molar-refractivity contribution in [2.24, 2.45) is 0 Å². The van der Waals surface area contributed by atoms with Gasteiger partial charge >= 0.3 is 0 Å². The van der Waals surface area contributed by atoms with Gasteiger partial charge in [0.05, 0.1) is 17.3 Å². The van der Waals surface area contributed by atoms with Crippen LogP contribution in [0.25, 0.3) is 10.6 Å². The van der Waals surface area contributed by atoms with Gasteiger partial charge in [-0.3, -0.25) is 4.79 Å². The first-order valence-electron chi connectivity index (χ1n) is 7.70. The van der Waals surface area contributed by atoms with E-state index < -0.39 is 0 Å². The molecule has 0 saturated heterocycles. The molecule has 0 aliphatic heterocycles. The summed E-state index contributed by atoms with van der Waals surface area (Å²) in [5.41, 5.74) is 1.63. The average Bonchev–Trinajstić information content (AvgIpc) is 3.00. The number of nitrogens with zero attached hydrogens (tertiary/aromatic N) is 2. The molecule has 3 aromatic rings. The van der Waals surface area contributed by atoms with Crippen LogP contribution in [0.15, 0.2) is 42.6 Å². The van der Waals surface area contributed by atoms with E-state index in [1.54, 1.807) is 12.1 Å². The second-order valence-corrected chi connectivity index (χ2v) is 6.64. The van der Waals surface area contributed by atoms with Crippen molar-refractivity contribution in [2.75, 3.05) is 11.9 Å². The number of aryl methyl sites for hydroxylation is 1. The van der Waals surface area contributed by atoms with Crippen molar-refractivity contribution in [3.05, 3.63) is 58.2 Å². The van der Waals surface area contributed by atoms with E-state index in [4.69, 9.17) is 16.3 Å². The van der Waals surface area contributed by atoms with Gasteiger partial charge in [-0.05, 0) is 50.2 Å². The number of ether oxygens (including phenoxy) is 1. The molecule has 0 bridgehead atoms. The van der Waals surface area contributed by atoms with Crippen molar-refractivity contribution in [1.29, 1.82) is 0 Å². The summed E-state index contributed by atoms with van der Waals surface area (Å²) in [5, 5.41) is 4.06. The van der Waals surface area contributed by atoms with Crippen LogP contribution in [0.1, 0.15) is 22.3 Å². The fourth-order valence-electron chi connectivity index (χ4n) is 2.21. The second kappa shape index (κ2) is 7.63. The van der Waals surface area contributed by atoms with Crippen LogP contribution >= 0.6 is 22.9 Å². The van der Waals surface area contributed by atoms with Gasteiger partial charge in [-0.15, -0.1) is 11.3 Å². The van der Waals surface area contributed by atoms with Crippen molar-refractivity contribution in [3.63, 3.8) is 0 Å². The topological polar surface area (TPSA) is 64.1 Å². The highest BCUT2D eigenvalue weighted by Gasteiger charge is 2.17. The van der Waals surface area contributed by atoms with Crippen LogP contribution in [0.4, 0.5) is 5.82 Å². The van der Waals surface area contributed by atoms with Gasteiger partial charge in [0.15, 0.2) is 0 Å². The molecule has 128 valence electrons. The second-order valence-electron chi connectivity index (χ2n) is 5.21. The zero-order valence-electron chi connectivity index (χ0n) is 13.7. The maximum absolute atomic E-state index is 12.5. The minimum atomic E-state index is -0.234. The minimum Gasteiger partial charge on any atom is -0.494 e. The number of hydrogen-bond donors (Lipinski definition) is 1. The van der Waals surface area contributed by atoms with Gasteiger partial charge in [-0.1, -0.05) is 11.6 Å². The van der Waals surface area contributed by atoms with E-state index in [-0.39, 0.29) is 5.91 Å². The molecule has 7 heteroatoms. The third-order valence-corrected chi connectivity index (χ3v) is 4.81. The fourth-order valence-corrected chi connectivity index (χ4v) is 3.29. The van der Waals surface area contributed by atoms with E-state index in [2.05, 4.69) is 15.3 Å². The summed E-state index contributed by atoms with van der Waals surface area (Å²) in [7, 11) is 0. The largest absolute Gasteiger partial charge is 0.494 e. The highest BCUT2D eigenvalue weighted by molar-refractivity contribution is 7.17. The number of benzene rings is 1. The van der Waals surface area contributed by atoms with Crippen molar-refractivity contribution < 1.29 is 9.53 Å². The molecule has 0 saturated carbocycles. The molecular formula is C18H16ClN3O2S. The first kappa shape index (κ1) is 17.4. The van der Waals surface area contributed by atoms with Gasteiger partial charge in [0, 0.05) is 11.8 Å². The number of halogens is 1. The molecule has 5 nitrogen and oxygen atoms in total. The summed E-state index contributed by atoms with van der Waals surface area (Å²) in [6.07, 6.45) is 1.49. The Morgan fingerprint density at radius 3 is 2.64 bits per heavy atom. The molecule has 3 rings (SSSR count). The number of carbonyl (C=O) groups excluding carboxylic acids is 1. The van der Waals surface area contributed by atoms with Gasteiger partial charge in [0.2, 0.25) is 0 Å². The predicted octanol–water partition coefficient (Wildman–Crippen LogP) is 4.82. The summed E-state index contributed by atoms with van der Waals surface area (Å²) >= 11 is 7.14. The van der Waals surface area contributed by atoms with E-state index in [1.807, 2.05) is 38.1 Å². The standard InChI is InChI=1S/C18H16ClN3O2S/c1-3-24-14-7-4-12(5-8-14)18-21-11(2)16(25-18)17(23)22-15-9-6-13(19)10-20-15/h4-10H,3H2,1-2H3,(H,20,22,23). The average molecular weight is 374 g/mol. The van der Waals surface area contributed by atoms with E-state index in [0.29, 0.717) is 28.0 Å². The fraction of sp³-hybridized carbons (Fsp3) is 0.167. The molecule has 0 aliphatic rings. The van der Waals surface area contributed by atoms with Crippen LogP contribution in [0.2, 0.25) is 5.02 Å². The van der Waals surface area contributed by atoms with Gasteiger partial charge in [0.25, 0.3) is 5.91 Å². The normalized spacial score (nSPS) is 10.5. The maximum Gasteiger partial charge on any atom is 0.268 e. The summed E-state index contributed by atoms with van der Waals surface area (Å²) in [6.45, 7) is 4.38. The monoisotopic (exact) mass is 373 g/mol. The van der Waals surface area contributed by atoms with Crippen LogP contribution < -0.4 is 10.1 Å². The molecule has 25 heavy (non-hydrogen) atoms. The highest BCUT2D eigenvalue weighted by Crippen LogP contribution is 2.29. The third kappa shape index (κ3) is 4.15. The van der Waals surface area contributed by atoms with Gasteiger partial charge in [-0.2, -0.15) is 0 Å². The molecular weight excluding hydrogens is 358 g/mol. The summed E-state index contributed by atoms with van der Waals surface area (Å²) in [4.78, 5) is 21.6. The lowest BCUT2D eigenvalue weighted by atomic mass is 10.2. The lowest BCUT2D eigenvalue weighted by Crippen LogP contribution is -2.12. The van der Waals surface area contributed by atoms with Gasteiger partial charge < -0.3 is 10.1 Å². The zero-order valence-corrected chi connectivity index (χ0v) is 15.3. The van der Waals surface area contributed by atoms with Gasteiger partial charge in [0.1, 0.15) is 21.5 Å². The summed E-state index contributed by atoms with van der Waals surface area (Å²) in [5.74, 6) is 1.03. The summed E-state index contributed by atoms with van der Waals surface area (Å²) < 4.78 is 5.44. The Hall–Kier alpha value is -2.44. The first-order chi connectivity index (χ1) is 12.1. The molecule has 0 aliphatic carbocycles. The number of hydrogen-bond acceptors (Lipinski definition) is 5. The van der Waals surface area contributed by atoms with Gasteiger partial charge in [-0.25, -0.2) is 9.97 Å². The Kier molecular flexibility index (Phi) is 5.31. The predicted molar refractivity (Wildman–Crippen MR) is 101 cm³/mol. The molecule has 1 aromatic carbocycles. The van der Waals surface area contributed by atoms with Crippen LogP contribution in [0, 0.1) is 6.92 Å². The van der Waals surface area contributed by atoms with Crippen LogP contribution in [-0.4, -0.2) is 22.5 Å². The molecule has 0 atom stereocenters. The van der Waals surface area contributed by atoms with Crippen molar-refractivity contribution in [3.8, 4) is 16.3 Å². The number of nitrogens with one attached hydrogen (secondary N) is 1. The molecule has 0 radical (unpaired) electrons. The van der Waals surface area contributed by atoms with E-state index >= 15 is 0 Å². The van der Waals surface area contributed by atoms with Crippen molar-refractivity contribution in [1.82, 2.24) is 9.97 Å². The number of pyridine rings is 1. The van der Waals surface area contributed by atoms with Crippen LogP contribution in [-0.2, 0) is 0 Å². The van der Waals surface area contributed by atoms with E-state index in [1.165, 1.54) is 17.5 Å². The molecule has 0 fully saturated rings. The molecule has 2 aromatic heterocycles. The van der Waals surface area contributed by atoms with Crippen molar-refractivity contribution in [2.45, 2.75) is 13.8 Å². The Morgan fingerprint density at radius 1 is 1.24 bits per heavy atom. The number of amides is 1. The minimum absolute atomic E-state index is 0.234. The Bertz CT molecular complexity index is 876. The SMILES string of the molecule is CCOc1ccc(-c2nc(C)c(C(=O)Nc3ccc(Cl)cn3)s2)cc1. The first-order valence-corrected chi connectivity index (χ1v) is 8.90. The van der Waals surface area contributed by atoms with Crippen molar-refractivity contribution >= 4 is 34.7 Å². The molecule has 1 N–H and O–H groups in total. The third-order valence-electron chi connectivity index (χ3n) is 3.38. The van der Waals surface area contributed by atoms with Crippen LogP contribution in [0.3, 0.4) is 0 Å². The smallest absolute Gasteiger partial charge is 0.268 e. The quantitative estimate of drug-likeness (QED) is 0.696. The highest BCUT2D eigenvalue weighted by atomic mass is 35.5. The lowest BCUT2D eigenvalue weighted by molar-refractivity contribution is 0.102. The molecule has 0 spiro atoms. The van der Waals surface area contributed by atoms with E-state index in [9.17, 15) is 4.79 Å². The Morgan fingerprint density at radius 2 is 2.00 bits per heavy atom. The Labute approximate surface area is 154 Å². The zero-order chi connectivity index (χ0) is 17.8.